The summed E-state index contributed by atoms with van der Waals surface area (Å²) in [5, 5.41) is 15.8. The second kappa shape index (κ2) is 9.15. The Morgan fingerprint density at radius 1 is 1.18 bits per heavy atom. The molecule has 1 atom stereocenters. The van der Waals surface area contributed by atoms with E-state index < -0.39 is 23.7 Å². The first-order valence-corrected chi connectivity index (χ1v) is 12.0. The van der Waals surface area contributed by atoms with Crippen molar-refractivity contribution in [2.75, 3.05) is 5.75 Å². The molecule has 0 saturated heterocycles. The molecule has 1 fully saturated rings. The predicted octanol–water partition coefficient (Wildman–Crippen LogP) is 6.49. The van der Waals surface area contributed by atoms with Crippen molar-refractivity contribution in [2.24, 2.45) is 5.16 Å². The molecule has 0 bridgehead atoms. The van der Waals surface area contributed by atoms with Gasteiger partial charge < -0.3 is 10.2 Å². The molecule has 178 valence electrons. The van der Waals surface area contributed by atoms with Crippen molar-refractivity contribution < 1.29 is 22.8 Å². The summed E-state index contributed by atoms with van der Waals surface area (Å²) in [5.74, 6) is -0.257. The van der Waals surface area contributed by atoms with Crippen molar-refractivity contribution in [3.63, 3.8) is 0 Å². The van der Waals surface area contributed by atoms with Gasteiger partial charge in [0.05, 0.1) is 22.6 Å². The zero-order chi connectivity index (χ0) is 24.7. The van der Waals surface area contributed by atoms with Gasteiger partial charge in [-0.15, -0.1) is 11.8 Å². The van der Waals surface area contributed by atoms with Crippen LogP contribution in [0.2, 0.25) is 15.1 Å². The molecule has 1 heterocycles. The minimum Gasteiger partial charge on any atom is -0.374 e. The first-order chi connectivity index (χ1) is 16.0. The van der Waals surface area contributed by atoms with Crippen LogP contribution in [0.25, 0.3) is 0 Å². The number of nitrogens with one attached hydrogen (secondary N) is 1. The van der Waals surface area contributed by atoms with Crippen LogP contribution in [-0.4, -0.2) is 29.1 Å². The van der Waals surface area contributed by atoms with Crippen molar-refractivity contribution in [2.45, 2.75) is 41.5 Å². The SMILES string of the molecule is N#CC1(NC(=O)CSc2ccc(C3=NOC(c4cc(Cl)cc(Cl)c4)(C(F)(F)F)C3)cc2Cl)CC1. The molecule has 34 heavy (non-hydrogen) atoms. The lowest BCUT2D eigenvalue weighted by atomic mass is 9.86. The molecule has 12 heteroatoms. The Labute approximate surface area is 212 Å². The maximum atomic E-state index is 14.1. The summed E-state index contributed by atoms with van der Waals surface area (Å²) in [6.45, 7) is 0. The van der Waals surface area contributed by atoms with Gasteiger partial charge in [0.25, 0.3) is 5.60 Å². The van der Waals surface area contributed by atoms with E-state index in [9.17, 15) is 18.0 Å². The lowest BCUT2D eigenvalue weighted by Crippen LogP contribution is -2.42. The van der Waals surface area contributed by atoms with Crippen LogP contribution in [0.4, 0.5) is 13.2 Å². The Hall–Kier alpha value is -2.12. The van der Waals surface area contributed by atoms with Gasteiger partial charge in [0.15, 0.2) is 0 Å². The van der Waals surface area contributed by atoms with Gasteiger partial charge in [0.1, 0.15) is 5.54 Å². The third-order valence-electron chi connectivity index (χ3n) is 5.48. The molecule has 0 aromatic heterocycles. The van der Waals surface area contributed by atoms with Crippen LogP contribution in [-0.2, 0) is 15.2 Å². The second-order valence-electron chi connectivity index (χ2n) is 7.96. The smallest absolute Gasteiger partial charge is 0.374 e. The number of benzene rings is 2. The van der Waals surface area contributed by atoms with Crippen molar-refractivity contribution in [1.29, 1.82) is 5.26 Å². The fourth-order valence-corrected chi connectivity index (χ4v) is 5.07. The van der Waals surface area contributed by atoms with E-state index in [0.717, 1.165) is 23.9 Å². The first-order valence-electron chi connectivity index (χ1n) is 9.90. The molecule has 1 unspecified atom stereocenters. The maximum Gasteiger partial charge on any atom is 0.435 e. The van der Waals surface area contributed by atoms with Gasteiger partial charge in [-0.25, -0.2) is 0 Å². The van der Waals surface area contributed by atoms with Crippen molar-refractivity contribution in [3.8, 4) is 6.07 Å². The molecule has 2 aromatic carbocycles. The van der Waals surface area contributed by atoms with Crippen LogP contribution in [0.15, 0.2) is 46.4 Å². The number of thioether (sulfide) groups is 1. The van der Waals surface area contributed by atoms with E-state index in [0.29, 0.717) is 23.3 Å². The van der Waals surface area contributed by atoms with Gasteiger partial charge in [-0.2, -0.15) is 18.4 Å². The monoisotopic (exact) mass is 547 g/mol. The van der Waals surface area contributed by atoms with Crippen LogP contribution < -0.4 is 5.32 Å². The number of hydrogen-bond acceptors (Lipinski definition) is 5. The summed E-state index contributed by atoms with van der Waals surface area (Å²) in [7, 11) is 0. The topological polar surface area (TPSA) is 74.5 Å². The molecule has 4 rings (SSSR count). The zero-order valence-corrected chi connectivity index (χ0v) is 20.3. The molecule has 2 aromatic rings. The fraction of sp³-hybridized carbons (Fsp3) is 0.318. The summed E-state index contributed by atoms with van der Waals surface area (Å²) >= 11 is 19.3. The van der Waals surface area contributed by atoms with Crippen LogP contribution in [0, 0.1) is 11.3 Å². The van der Waals surface area contributed by atoms with Gasteiger partial charge in [0, 0.05) is 32.5 Å². The van der Waals surface area contributed by atoms with Crippen LogP contribution in [0.3, 0.4) is 0 Å². The minimum absolute atomic E-state index is 0.0408. The van der Waals surface area contributed by atoms with E-state index >= 15 is 0 Å². The highest BCUT2D eigenvalue weighted by molar-refractivity contribution is 8.00. The molecule has 1 aliphatic carbocycles. The first kappa shape index (κ1) is 25.0. The lowest BCUT2D eigenvalue weighted by Gasteiger charge is -2.29. The number of rotatable bonds is 6. The number of hydrogen-bond donors (Lipinski definition) is 1. The molecule has 5 nitrogen and oxygen atoms in total. The van der Waals surface area contributed by atoms with E-state index in [1.807, 2.05) is 0 Å². The average molecular weight is 549 g/mol. The van der Waals surface area contributed by atoms with Gasteiger partial charge >= 0.3 is 6.18 Å². The number of nitriles is 1. The molecule has 0 radical (unpaired) electrons. The number of carbonyl (C=O) groups excluding carboxylic acids is 1. The highest BCUT2D eigenvalue weighted by atomic mass is 35.5. The fourth-order valence-electron chi connectivity index (χ4n) is 3.48. The predicted molar refractivity (Wildman–Crippen MR) is 124 cm³/mol. The van der Waals surface area contributed by atoms with Crippen LogP contribution >= 0.6 is 46.6 Å². The highest BCUT2D eigenvalue weighted by Gasteiger charge is 2.62. The largest absolute Gasteiger partial charge is 0.435 e. The summed E-state index contributed by atoms with van der Waals surface area (Å²) in [5.41, 5.74) is -3.36. The molecule has 1 saturated carbocycles. The Morgan fingerprint density at radius 3 is 2.41 bits per heavy atom. The minimum atomic E-state index is -4.80. The number of carbonyl (C=O) groups is 1. The van der Waals surface area contributed by atoms with Gasteiger partial charge in [0.2, 0.25) is 5.91 Å². The van der Waals surface area contributed by atoms with E-state index in [4.69, 9.17) is 44.9 Å². The lowest BCUT2D eigenvalue weighted by molar-refractivity contribution is -0.275. The van der Waals surface area contributed by atoms with E-state index in [-0.39, 0.29) is 38.0 Å². The van der Waals surface area contributed by atoms with Crippen LogP contribution in [0.5, 0.6) is 0 Å². The normalized spacial score (nSPS) is 20.8. The van der Waals surface area contributed by atoms with Gasteiger partial charge in [-0.05, 0) is 43.2 Å². The molecule has 1 amide bonds. The Bertz CT molecular complexity index is 1210. The summed E-state index contributed by atoms with van der Waals surface area (Å²) < 4.78 is 42.4. The molecule has 1 N–H and O–H groups in total. The summed E-state index contributed by atoms with van der Waals surface area (Å²) in [6.07, 6.45) is -4.16. The quantitative estimate of drug-likeness (QED) is 0.419. The van der Waals surface area contributed by atoms with Crippen molar-refractivity contribution in [3.05, 3.63) is 62.6 Å². The average Bonchev–Trinajstić information content (AvgIpc) is 3.36. The summed E-state index contributed by atoms with van der Waals surface area (Å²) in [4.78, 5) is 17.6. The molecular formula is C22H15Cl3F3N3O2S. The number of nitrogens with zero attached hydrogens (tertiary/aromatic N) is 2. The third kappa shape index (κ3) is 4.96. The highest BCUT2D eigenvalue weighted by Crippen LogP contribution is 2.50. The number of oxime groups is 1. The number of alkyl halides is 3. The Morgan fingerprint density at radius 2 is 1.85 bits per heavy atom. The van der Waals surface area contributed by atoms with Crippen molar-refractivity contribution >= 4 is 58.2 Å². The van der Waals surface area contributed by atoms with Gasteiger partial charge in [-0.3, -0.25) is 4.79 Å². The standard InChI is InChI=1S/C22H15Cl3F3N3O2S/c23-14-6-13(7-15(24)8-14)21(22(26,27)28)9-17(31-33-21)12-1-2-18(16(25)5-12)34-10-19(32)30-20(11-29)3-4-20/h1-2,5-8H,3-4,9-10H2,(H,30,32). The maximum absolute atomic E-state index is 14.1. The summed E-state index contributed by atoms with van der Waals surface area (Å²) in [6, 6.07) is 10.3. The number of halogens is 6. The van der Waals surface area contributed by atoms with Crippen LogP contribution in [0.1, 0.15) is 30.4 Å². The molecular weight excluding hydrogens is 534 g/mol. The van der Waals surface area contributed by atoms with Gasteiger partial charge in [-0.1, -0.05) is 46.0 Å². The van der Waals surface area contributed by atoms with E-state index in [1.54, 1.807) is 12.1 Å². The molecule has 2 aliphatic rings. The Kier molecular flexibility index (Phi) is 6.73. The van der Waals surface area contributed by atoms with E-state index in [2.05, 4.69) is 16.5 Å². The molecule has 1 aliphatic heterocycles. The Balaban J connectivity index is 1.50. The number of amides is 1. The third-order valence-corrected chi connectivity index (χ3v) is 7.42. The van der Waals surface area contributed by atoms with E-state index in [1.165, 1.54) is 12.1 Å². The second-order valence-corrected chi connectivity index (χ2v) is 10.3. The zero-order valence-electron chi connectivity index (χ0n) is 17.2. The molecule has 0 spiro atoms. The van der Waals surface area contributed by atoms with Crippen molar-refractivity contribution in [1.82, 2.24) is 5.32 Å².